The first-order valence-electron chi connectivity index (χ1n) is 6.20. The Labute approximate surface area is 111 Å². The average molecular weight is 258 g/mol. The lowest BCUT2D eigenvalue weighted by Crippen LogP contribution is -2.42. The normalized spacial score (nSPS) is 21.4. The van der Waals surface area contributed by atoms with E-state index in [9.17, 15) is 4.79 Å². The molecule has 0 aliphatic carbocycles. The van der Waals surface area contributed by atoms with Crippen molar-refractivity contribution in [3.8, 4) is 6.07 Å². The fourth-order valence-electron chi connectivity index (χ4n) is 2.72. The van der Waals surface area contributed by atoms with Gasteiger partial charge in [-0.3, -0.25) is 4.79 Å². The van der Waals surface area contributed by atoms with E-state index in [2.05, 4.69) is 11.4 Å². The van der Waals surface area contributed by atoms with Gasteiger partial charge in [0.05, 0.1) is 11.6 Å². The van der Waals surface area contributed by atoms with Crippen LogP contribution in [-0.4, -0.2) is 23.6 Å². The number of nitriles is 1. The molecule has 18 heavy (non-hydrogen) atoms. The van der Waals surface area contributed by atoms with Crippen LogP contribution in [0.2, 0.25) is 0 Å². The van der Waals surface area contributed by atoms with Gasteiger partial charge in [0, 0.05) is 21.6 Å². The maximum absolute atomic E-state index is 12.3. The van der Waals surface area contributed by atoms with Crippen LogP contribution in [0, 0.1) is 11.3 Å². The van der Waals surface area contributed by atoms with Crippen LogP contribution in [0.4, 0.5) is 0 Å². The van der Waals surface area contributed by atoms with E-state index in [-0.39, 0.29) is 10.5 Å². The van der Waals surface area contributed by atoms with Crippen molar-refractivity contribution in [3.63, 3.8) is 0 Å². The lowest BCUT2D eigenvalue weighted by molar-refractivity contribution is 0.0955. The van der Waals surface area contributed by atoms with E-state index in [0.29, 0.717) is 12.0 Å². The molecule has 92 valence electrons. The number of hydrogen-bond donors (Lipinski definition) is 1. The van der Waals surface area contributed by atoms with Crippen LogP contribution in [0.15, 0.2) is 23.1 Å². The highest BCUT2D eigenvalue weighted by atomic mass is 32.2. The molecule has 1 saturated heterocycles. The second-order valence-electron chi connectivity index (χ2n) is 4.96. The van der Waals surface area contributed by atoms with Gasteiger partial charge in [-0.05, 0) is 44.1 Å². The summed E-state index contributed by atoms with van der Waals surface area (Å²) in [6, 6.07) is 7.57. The zero-order chi connectivity index (χ0) is 12.6. The summed E-state index contributed by atoms with van der Waals surface area (Å²) in [5, 5.41) is 12.2. The first-order valence-corrected chi connectivity index (χ1v) is 7.01. The second-order valence-corrected chi connectivity index (χ2v) is 6.47. The molecule has 2 aliphatic heterocycles. The highest BCUT2D eigenvalue weighted by Crippen LogP contribution is 2.48. The van der Waals surface area contributed by atoms with Gasteiger partial charge in [0.25, 0.3) is 0 Å². The van der Waals surface area contributed by atoms with Crippen molar-refractivity contribution in [2.24, 2.45) is 0 Å². The molecule has 4 heteroatoms. The van der Waals surface area contributed by atoms with Crippen molar-refractivity contribution < 1.29 is 4.79 Å². The van der Waals surface area contributed by atoms with E-state index in [1.54, 1.807) is 12.1 Å². The van der Waals surface area contributed by atoms with E-state index in [4.69, 9.17) is 5.26 Å². The zero-order valence-corrected chi connectivity index (χ0v) is 10.8. The summed E-state index contributed by atoms with van der Waals surface area (Å²) in [4.78, 5) is 13.3. The van der Waals surface area contributed by atoms with Crippen molar-refractivity contribution in [3.05, 3.63) is 29.3 Å². The predicted molar refractivity (Wildman–Crippen MR) is 70.8 cm³/mol. The zero-order valence-electron chi connectivity index (χ0n) is 10.0. The van der Waals surface area contributed by atoms with Crippen molar-refractivity contribution in [2.75, 3.05) is 13.1 Å². The molecule has 2 aliphatic rings. The number of ketones is 1. The van der Waals surface area contributed by atoms with Crippen LogP contribution in [-0.2, 0) is 0 Å². The summed E-state index contributed by atoms with van der Waals surface area (Å²) in [5.41, 5.74) is 1.31. The fourth-order valence-corrected chi connectivity index (χ4v) is 4.22. The molecule has 0 saturated carbocycles. The smallest absolute Gasteiger partial charge is 0.165 e. The van der Waals surface area contributed by atoms with Crippen LogP contribution >= 0.6 is 11.8 Å². The first kappa shape index (κ1) is 11.8. The third-order valence-corrected chi connectivity index (χ3v) is 5.29. The molecule has 1 N–H and O–H groups in total. The molecule has 0 unspecified atom stereocenters. The van der Waals surface area contributed by atoms with Gasteiger partial charge in [0.2, 0.25) is 0 Å². The summed E-state index contributed by atoms with van der Waals surface area (Å²) in [5.74, 6) is 0.197. The maximum atomic E-state index is 12.3. The Morgan fingerprint density at radius 3 is 2.83 bits per heavy atom. The summed E-state index contributed by atoms with van der Waals surface area (Å²) in [7, 11) is 0. The average Bonchev–Trinajstić information content (AvgIpc) is 2.39. The van der Waals surface area contributed by atoms with Crippen LogP contribution in [0.25, 0.3) is 0 Å². The Hall–Kier alpha value is -1.31. The molecular weight excluding hydrogens is 244 g/mol. The number of carbonyl (C=O) groups excluding carboxylic acids is 1. The summed E-state index contributed by atoms with van der Waals surface area (Å²) < 4.78 is 0.0868. The van der Waals surface area contributed by atoms with E-state index in [1.165, 1.54) is 0 Å². The molecule has 1 aromatic rings. The maximum Gasteiger partial charge on any atom is 0.165 e. The van der Waals surface area contributed by atoms with Crippen molar-refractivity contribution in [1.82, 2.24) is 5.32 Å². The highest BCUT2D eigenvalue weighted by molar-refractivity contribution is 8.01. The lowest BCUT2D eigenvalue weighted by atomic mass is 9.88. The van der Waals surface area contributed by atoms with Crippen molar-refractivity contribution >= 4 is 17.5 Å². The Bertz CT molecular complexity index is 541. The molecule has 2 heterocycles. The number of Topliss-reactive ketones (excluding diaryl/α,β-unsaturated/α-hetero) is 1. The number of piperidine rings is 1. The SMILES string of the molecule is N#Cc1ccc2c(c1)C(=O)CC1(CCNCC1)S2. The minimum absolute atomic E-state index is 0.0868. The van der Waals surface area contributed by atoms with E-state index in [0.717, 1.165) is 36.4 Å². The molecule has 1 spiro atoms. The first-order chi connectivity index (χ1) is 8.72. The van der Waals surface area contributed by atoms with Crippen LogP contribution in [0.3, 0.4) is 0 Å². The standard InChI is InChI=1S/C14H14N2OS/c15-9-10-1-2-13-11(7-10)12(17)8-14(18-13)3-5-16-6-4-14/h1-2,7,16H,3-6,8H2. The van der Waals surface area contributed by atoms with Gasteiger partial charge >= 0.3 is 0 Å². The number of benzene rings is 1. The quantitative estimate of drug-likeness (QED) is 0.776. The minimum Gasteiger partial charge on any atom is -0.317 e. The van der Waals surface area contributed by atoms with Gasteiger partial charge in [-0.25, -0.2) is 0 Å². The number of rotatable bonds is 0. The van der Waals surface area contributed by atoms with Crippen LogP contribution < -0.4 is 5.32 Å². The number of thioether (sulfide) groups is 1. The Morgan fingerprint density at radius 2 is 2.11 bits per heavy atom. The summed E-state index contributed by atoms with van der Waals surface area (Å²) in [6.07, 6.45) is 2.70. The van der Waals surface area contributed by atoms with Crippen LogP contribution in [0.1, 0.15) is 35.2 Å². The Kier molecular flexibility index (Phi) is 2.89. The third kappa shape index (κ3) is 1.94. The number of nitrogens with one attached hydrogen (secondary N) is 1. The summed E-state index contributed by atoms with van der Waals surface area (Å²) >= 11 is 1.83. The van der Waals surface area contributed by atoms with Gasteiger partial charge < -0.3 is 5.32 Å². The highest BCUT2D eigenvalue weighted by Gasteiger charge is 2.40. The van der Waals surface area contributed by atoms with E-state index >= 15 is 0 Å². The predicted octanol–water partition coefficient (Wildman–Crippen LogP) is 2.36. The minimum atomic E-state index is 0.0868. The van der Waals surface area contributed by atoms with Gasteiger partial charge in [-0.1, -0.05) is 0 Å². The number of fused-ring (bicyclic) bond motifs is 1. The van der Waals surface area contributed by atoms with E-state index < -0.39 is 0 Å². The molecule has 0 atom stereocenters. The van der Waals surface area contributed by atoms with Gasteiger partial charge in [0.1, 0.15) is 0 Å². The third-order valence-electron chi connectivity index (χ3n) is 3.73. The molecule has 0 aromatic heterocycles. The number of nitrogens with zero attached hydrogens (tertiary/aromatic N) is 1. The second kappa shape index (κ2) is 4.42. The Balaban J connectivity index is 1.98. The van der Waals surface area contributed by atoms with Gasteiger partial charge in [-0.15, -0.1) is 11.8 Å². The molecule has 3 nitrogen and oxygen atoms in total. The Morgan fingerprint density at radius 1 is 1.33 bits per heavy atom. The molecule has 1 aromatic carbocycles. The summed E-state index contributed by atoms with van der Waals surface area (Å²) in [6.45, 7) is 1.98. The van der Waals surface area contributed by atoms with E-state index in [1.807, 2.05) is 17.8 Å². The molecule has 1 fully saturated rings. The van der Waals surface area contributed by atoms with Crippen molar-refractivity contribution in [1.29, 1.82) is 5.26 Å². The largest absolute Gasteiger partial charge is 0.317 e. The number of carbonyl (C=O) groups is 1. The molecular formula is C14H14N2OS. The van der Waals surface area contributed by atoms with Crippen molar-refractivity contribution in [2.45, 2.75) is 28.9 Å². The van der Waals surface area contributed by atoms with Crippen LogP contribution in [0.5, 0.6) is 0 Å². The topological polar surface area (TPSA) is 52.9 Å². The monoisotopic (exact) mass is 258 g/mol. The molecule has 0 amide bonds. The van der Waals surface area contributed by atoms with Gasteiger partial charge in [-0.2, -0.15) is 5.26 Å². The number of hydrogen-bond acceptors (Lipinski definition) is 4. The molecule has 0 bridgehead atoms. The fraction of sp³-hybridized carbons (Fsp3) is 0.429. The van der Waals surface area contributed by atoms with Gasteiger partial charge in [0.15, 0.2) is 5.78 Å². The molecule has 0 radical (unpaired) electrons. The lowest BCUT2D eigenvalue weighted by Gasteiger charge is -2.39. The molecule has 3 rings (SSSR count).